The van der Waals surface area contributed by atoms with Gasteiger partial charge in [-0.3, -0.25) is 9.59 Å². The fraction of sp³-hybridized carbons (Fsp3) is 0.250. The summed E-state index contributed by atoms with van der Waals surface area (Å²) in [7, 11) is 0. The van der Waals surface area contributed by atoms with Gasteiger partial charge in [-0.1, -0.05) is 18.2 Å². The van der Waals surface area contributed by atoms with Crippen LogP contribution in [0.5, 0.6) is 0 Å². The van der Waals surface area contributed by atoms with E-state index in [4.69, 9.17) is 4.74 Å². The van der Waals surface area contributed by atoms with E-state index in [-0.39, 0.29) is 32.0 Å². The normalized spacial score (nSPS) is 15.6. The average Bonchev–Trinajstić information content (AvgIpc) is 2.69. The Morgan fingerprint density at radius 3 is 2.04 bits per heavy atom. The highest BCUT2D eigenvalue weighted by atomic mass is 16.5. The van der Waals surface area contributed by atoms with Gasteiger partial charge in [0.1, 0.15) is 5.54 Å². The minimum Gasteiger partial charge on any atom is -0.480 e. The van der Waals surface area contributed by atoms with Gasteiger partial charge in [0.05, 0.1) is 0 Å². The van der Waals surface area contributed by atoms with E-state index in [9.17, 15) is 19.5 Å². The van der Waals surface area contributed by atoms with Crippen LogP contribution in [0.1, 0.15) is 33.6 Å². The summed E-state index contributed by atoms with van der Waals surface area (Å²) >= 11 is 0. The summed E-state index contributed by atoms with van der Waals surface area (Å²) in [4.78, 5) is 36.3. The van der Waals surface area contributed by atoms with Crippen molar-refractivity contribution in [1.29, 1.82) is 0 Å². The number of carbonyl (C=O) groups excluding carboxylic acids is 2. The molecule has 2 amide bonds. The lowest BCUT2D eigenvalue weighted by atomic mass is 9.89. The Kier molecular flexibility index (Phi) is 5.52. The highest BCUT2D eigenvalue weighted by Crippen LogP contribution is 2.22. The van der Waals surface area contributed by atoms with Crippen LogP contribution in [0.15, 0.2) is 54.6 Å². The van der Waals surface area contributed by atoms with Crippen LogP contribution in [-0.4, -0.2) is 41.6 Å². The second-order valence-electron chi connectivity index (χ2n) is 6.35. The van der Waals surface area contributed by atoms with Crippen LogP contribution in [0.4, 0.5) is 5.69 Å². The summed E-state index contributed by atoms with van der Waals surface area (Å²) in [6.07, 6.45) is 0.443. The number of hydrogen-bond acceptors (Lipinski definition) is 4. The number of hydrogen-bond donors (Lipinski definition) is 3. The van der Waals surface area contributed by atoms with Crippen LogP contribution in [0.2, 0.25) is 0 Å². The number of carboxylic acids is 1. The number of aliphatic carboxylic acids is 1. The molecule has 0 atom stereocenters. The molecule has 2 aromatic rings. The maximum absolute atomic E-state index is 12.5. The van der Waals surface area contributed by atoms with E-state index in [1.807, 2.05) is 6.07 Å². The predicted molar refractivity (Wildman–Crippen MR) is 98.7 cm³/mol. The minimum atomic E-state index is -1.31. The smallest absolute Gasteiger partial charge is 0.329 e. The third kappa shape index (κ3) is 4.32. The van der Waals surface area contributed by atoms with E-state index >= 15 is 0 Å². The number of nitrogens with one attached hydrogen (secondary N) is 2. The Morgan fingerprint density at radius 1 is 0.852 bits per heavy atom. The van der Waals surface area contributed by atoms with Crippen molar-refractivity contribution in [3.8, 4) is 0 Å². The Morgan fingerprint density at radius 2 is 1.44 bits per heavy atom. The molecule has 0 bridgehead atoms. The van der Waals surface area contributed by atoms with Crippen molar-refractivity contribution in [2.24, 2.45) is 0 Å². The van der Waals surface area contributed by atoms with Crippen LogP contribution in [0.3, 0.4) is 0 Å². The molecule has 2 aromatic carbocycles. The van der Waals surface area contributed by atoms with Gasteiger partial charge in [-0.2, -0.15) is 0 Å². The van der Waals surface area contributed by atoms with Gasteiger partial charge in [-0.15, -0.1) is 0 Å². The second-order valence-corrected chi connectivity index (χ2v) is 6.35. The first-order valence-corrected chi connectivity index (χ1v) is 8.60. The number of amides is 2. The third-order valence-electron chi connectivity index (χ3n) is 4.55. The number of carboxylic acid groups (broad SMARTS) is 1. The van der Waals surface area contributed by atoms with Crippen LogP contribution in [0.25, 0.3) is 0 Å². The maximum Gasteiger partial charge on any atom is 0.329 e. The van der Waals surface area contributed by atoms with Crippen molar-refractivity contribution in [2.75, 3.05) is 18.5 Å². The molecule has 27 heavy (non-hydrogen) atoms. The highest BCUT2D eigenvalue weighted by Gasteiger charge is 2.41. The largest absolute Gasteiger partial charge is 0.480 e. The van der Waals surface area contributed by atoms with Crippen LogP contribution in [-0.2, 0) is 9.53 Å². The average molecular weight is 368 g/mol. The lowest BCUT2D eigenvalue weighted by Gasteiger charge is -2.33. The van der Waals surface area contributed by atoms with Crippen molar-refractivity contribution in [3.63, 3.8) is 0 Å². The van der Waals surface area contributed by atoms with Gasteiger partial charge >= 0.3 is 5.97 Å². The summed E-state index contributed by atoms with van der Waals surface area (Å²) in [6.45, 7) is 0.577. The van der Waals surface area contributed by atoms with E-state index in [0.29, 0.717) is 16.8 Å². The summed E-state index contributed by atoms with van der Waals surface area (Å²) < 4.78 is 5.20. The molecule has 0 aromatic heterocycles. The van der Waals surface area contributed by atoms with Crippen LogP contribution in [0, 0.1) is 0 Å². The molecule has 7 nitrogen and oxygen atoms in total. The standard InChI is InChI=1S/C20H20N2O5/c23-17(14-4-2-1-3-5-14)21-16-8-6-15(7-9-16)18(24)22-20(19(25)26)10-12-27-13-11-20/h1-9H,10-13H2,(H,21,23)(H,22,24)(H,25,26). The molecule has 3 rings (SSSR count). The monoisotopic (exact) mass is 368 g/mol. The van der Waals surface area contributed by atoms with Gasteiger partial charge in [-0.05, 0) is 36.4 Å². The first kappa shape index (κ1) is 18.6. The molecule has 1 aliphatic rings. The van der Waals surface area contributed by atoms with Gasteiger partial charge in [0.15, 0.2) is 0 Å². The Hall–Kier alpha value is -3.19. The van der Waals surface area contributed by atoms with Crippen LogP contribution >= 0.6 is 0 Å². The third-order valence-corrected chi connectivity index (χ3v) is 4.55. The molecule has 7 heteroatoms. The summed E-state index contributed by atoms with van der Waals surface area (Å²) in [6, 6.07) is 15.1. The number of ether oxygens (including phenoxy) is 1. The molecule has 0 radical (unpaired) electrons. The van der Waals surface area contributed by atoms with E-state index < -0.39 is 17.4 Å². The number of rotatable bonds is 5. The van der Waals surface area contributed by atoms with Crippen molar-refractivity contribution < 1.29 is 24.2 Å². The van der Waals surface area contributed by atoms with Gasteiger partial charge in [-0.25, -0.2) is 4.79 Å². The topological polar surface area (TPSA) is 105 Å². The number of benzene rings is 2. The molecular formula is C20H20N2O5. The van der Waals surface area contributed by atoms with Gasteiger partial charge in [0, 0.05) is 42.9 Å². The summed E-state index contributed by atoms with van der Waals surface area (Å²) in [5.41, 5.74) is 0.0803. The zero-order valence-corrected chi connectivity index (χ0v) is 14.6. The van der Waals surface area contributed by atoms with Gasteiger partial charge in [0.25, 0.3) is 11.8 Å². The predicted octanol–water partition coefficient (Wildman–Crippen LogP) is 2.30. The molecule has 0 spiro atoms. The van der Waals surface area contributed by atoms with Gasteiger partial charge in [0.2, 0.25) is 0 Å². The molecule has 140 valence electrons. The van der Waals surface area contributed by atoms with Crippen molar-refractivity contribution >= 4 is 23.5 Å². The summed E-state index contributed by atoms with van der Waals surface area (Å²) in [5.74, 6) is -1.79. The quantitative estimate of drug-likeness (QED) is 0.751. The molecule has 1 fully saturated rings. The van der Waals surface area contributed by atoms with Crippen molar-refractivity contribution in [3.05, 3.63) is 65.7 Å². The lowest BCUT2D eigenvalue weighted by molar-refractivity contribution is -0.148. The molecule has 0 saturated carbocycles. The molecule has 1 heterocycles. The Labute approximate surface area is 156 Å². The zero-order chi connectivity index (χ0) is 19.3. The second kappa shape index (κ2) is 8.01. The highest BCUT2D eigenvalue weighted by molar-refractivity contribution is 6.04. The minimum absolute atomic E-state index is 0.222. The molecular weight excluding hydrogens is 348 g/mol. The lowest BCUT2D eigenvalue weighted by Crippen LogP contribution is -2.57. The molecule has 0 unspecified atom stereocenters. The fourth-order valence-electron chi connectivity index (χ4n) is 2.90. The van der Waals surface area contributed by atoms with Crippen LogP contribution < -0.4 is 10.6 Å². The van der Waals surface area contributed by atoms with Gasteiger partial charge < -0.3 is 20.5 Å². The van der Waals surface area contributed by atoms with E-state index in [0.717, 1.165) is 0 Å². The van der Waals surface area contributed by atoms with E-state index in [1.54, 1.807) is 48.5 Å². The first-order chi connectivity index (χ1) is 13.0. The van der Waals surface area contributed by atoms with E-state index in [1.165, 1.54) is 0 Å². The SMILES string of the molecule is O=C(Nc1ccc(C(=O)NC2(C(=O)O)CCOCC2)cc1)c1ccccc1. The number of carbonyl (C=O) groups is 3. The molecule has 0 aliphatic carbocycles. The Balaban J connectivity index is 1.66. The maximum atomic E-state index is 12.5. The number of anilines is 1. The molecule has 1 aliphatic heterocycles. The van der Waals surface area contributed by atoms with Crippen molar-refractivity contribution in [2.45, 2.75) is 18.4 Å². The molecule has 1 saturated heterocycles. The van der Waals surface area contributed by atoms with E-state index in [2.05, 4.69) is 10.6 Å². The first-order valence-electron chi connectivity index (χ1n) is 8.60. The zero-order valence-electron chi connectivity index (χ0n) is 14.6. The summed E-state index contributed by atoms with van der Waals surface area (Å²) in [5, 5.41) is 14.9. The van der Waals surface area contributed by atoms with Crippen molar-refractivity contribution in [1.82, 2.24) is 5.32 Å². The Bertz CT molecular complexity index is 827. The fourth-order valence-corrected chi connectivity index (χ4v) is 2.90. The molecule has 3 N–H and O–H groups in total.